The molecule has 1 aliphatic heterocycles. The molecule has 0 saturated carbocycles. The Kier molecular flexibility index (Phi) is 6.57. The molecule has 7 nitrogen and oxygen atoms in total. The van der Waals surface area contributed by atoms with Gasteiger partial charge in [-0.15, -0.1) is 0 Å². The molecule has 1 aromatic carbocycles. The zero-order valence-electron chi connectivity index (χ0n) is 15.8. The number of rotatable bonds is 6. The Morgan fingerprint density at radius 2 is 1.82 bits per heavy atom. The number of amides is 2. The summed E-state index contributed by atoms with van der Waals surface area (Å²) in [6.45, 7) is 4.48. The summed E-state index contributed by atoms with van der Waals surface area (Å²) >= 11 is 0. The second-order valence-electron chi connectivity index (χ2n) is 6.61. The predicted molar refractivity (Wildman–Crippen MR) is 105 cm³/mol. The van der Waals surface area contributed by atoms with Crippen LogP contribution >= 0.6 is 0 Å². The van der Waals surface area contributed by atoms with E-state index in [2.05, 4.69) is 30.8 Å². The van der Waals surface area contributed by atoms with E-state index in [1.165, 1.54) is 12.5 Å². The first kappa shape index (κ1) is 19.8. The Balaban J connectivity index is 1.48. The predicted octanol–water partition coefficient (Wildman–Crippen LogP) is 3.29. The van der Waals surface area contributed by atoms with Crippen molar-refractivity contribution in [1.82, 2.24) is 15.3 Å². The van der Waals surface area contributed by atoms with Crippen LogP contribution in [0.2, 0.25) is 0 Å². The van der Waals surface area contributed by atoms with Gasteiger partial charge in [0.25, 0.3) is 0 Å². The third-order valence-electron chi connectivity index (χ3n) is 4.42. The highest BCUT2D eigenvalue weighted by Crippen LogP contribution is 2.20. The molecule has 28 heavy (non-hydrogen) atoms. The van der Waals surface area contributed by atoms with Crippen LogP contribution in [-0.4, -0.2) is 42.2 Å². The number of anilines is 3. The van der Waals surface area contributed by atoms with Crippen molar-refractivity contribution in [1.29, 1.82) is 0 Å². The molecule has 0 aliphatic carbocycles. The number of hydrogen-bond donors (Lipinski definition) is 3. The van der Waals surface area contributed by atoms with Crippen LogP contribution in [0.25, 0.3) is 0 Å². The van der Waals surface area contributed by atoms with Gasteiger partial charge in [-0.05, 0) is 38.3 Å². The minimum atomic E-state index is -0.824. The van der Waals surface area contributed by atoms with Crippen LogP contribution in [0.15, 0.2) is 24.3 Å². The average molecular weight is 390 g/mol. The largest absolute Gasteiger partial charge is 0.368 e. The normalized spacial score (nSPS) is 13.9. The van der Waals surface area contributed by atoms with Crippen LogP contribution < -0.4 is 20.9 Å². The second kappa shape index (κ2) is 9.29. The summed E-state index contributed by atoms with van der Waals surface area (Å²) in [5.74, 6) is 0.599. The topological polar surface area (TPSA) is 82.2 Å². The number of hydrogen-bond acceptors (Lipinski definition) is 5. The summed E-state index contributed by atoms with van der Waals surface area (Å²) in [4.78, 5) is 22.9. The molecule has 0 atom stereocenters. The maximum Gasteiger partial charge on any atom is 0.319 e. The number of nitrogens with zero attached hydrogens (tertiary/aromatic N) is 3. The summed E-state index contributed by atoms with van der Waals surface area (Å²) in [5, 5.41) is 7.87. The quantitative estimate of drug-likeness (QED) is 0.660. The first-order chi connectivity index (χ1) is 13.5. The monoisotopic (exact) mass is 390 g/mol. The van der Waals surface area contributed by atoms with E-state index in [1.54, 1.807) is 0 Å². The van der Waals surface area contributed by atoms with E-state index in [4.69, 9.17) is 0 Å². The highest BCUT2D eigenvalue weighted by molar-refractivity contribution is 5.89. The van der Waals surface area contributed by atoms with Crippen LogP contribution in [0.5, 0.6) is 0 Å². The van der Waals surface area contributed by atoms with Crippen LogP contribution in [0.4, 0.5) is 30.9 Å². The molecule has 3 N–H and O–H groups in total. The minimum Gasteiger partial charge on any atom is -0.368 e. The van der Waals surface area contributed by atoms with Gasteiger partial charge in [-0.2, -0.15) is 0 Å². The molecule has 1 aliphatic rings. The number of para-hydroxylation sites is 1. The van der Waals surface area contributed by atoms with Crippen molar-refractivity contribution in [2.75, 3.05) is 41.7 Å². The molecule has 2 amide bonds. The van der Waals surface area contributed by atoms with Gasteiger partial charge in [-0.3, -0.25) is 0 Å². The number of carbonyl (C=O) groups is 1. The number of carbonyl (C=O) groups excluding carboxylic acids is 1. The van der Waals surface area contributed by atoms with Crippen molar-refractivity contribution in [2.24, 2.45) is 0 Å². The van der Waals surface area contributed by atoms with E-state index in [9.17, 15) is 13.6 Å². The molecule has 2 heterocycles. The Morgan fingerprint density at radius 1 is 1.11 bits per heavy atom. The maximum absolute atomic E-state index is 13.5. The smallest absolute Gasteiger partial charge is 0.319 e. The maximum atomic E-state index is 13.5. The molecule has 1 aromatic heterocycles. The summed E-state index contributed by atoms with van der Waals surface area (Å²) < 4.78 is 27.1. The molecule has 1 saturated heterocycles. The average Bonchev–Trinajstić information content (AvgIpc) is 2.68. The zero-order valence-corrected chi connectivity index (χ0v) is 15.8. The van der Waals surface area contributed by atoms with Crippen LogP contribution in [0, 0.1) is 18.6 Å². The second-order valence-corrected chi connectivity index (χ2v) is 6.61. The Bertz CT molecular complexity index is 806. The SMILES string of the molecule is Cc1nc(NCCNC(=O)Nc2c(F)cccc2F)cc(N2CCCCC2)n1. The standard InChI is InChI=1S/C19H24F2N6O/c1-13-24-16(12-17(25-13)27-10-3-2-4-11-27)22-8-9-23-19(28)26-18-14(20)6-5-7-15(18)21/h5-7,12H,2-4,8-11H2,1H3,(H,22,24,25)(H2,23,26,28). The van der Waals surface area contributed by atoms with E-state index < -0.39 is 23.4 Å². The molecule has 2 aromatic rings. The third-order valence-corrected chi connectivity index (χ3v) is 4.42. The number of piperidine rings is 1. The molecular weight excluding hydrogens is 366 g/mol. The van der Waals surface area contributed by atoms with Gasteiger partial charge in [0.1, 0.15) is 34.8 Å². The van der Waals surface area contributed by atoms with E-state index in [0.717, 1.165) is 43.9 Å². The highest BCUT2D eigenvalue weighted by Gasteiger charge is 2.14. The molecule has 9 heteroatoms. The van der Waals surface area contributed by atoms with Gasteiger partial charge in [0, 0.05) is 32.2 Å². The first-order valence-electron chi connectivity index (χ1n) is 9.36. The summed E-state index contributed by atoms with van der Waals surface area (Å²) in [7, 11) is 0. The van der Waals surface area contributed by atoms with Gasteiger partial charge in [0.15, 0.2) is 0 Å². The Hall–Kier alpha value is -2.97. The lowest BCUT2D eigenvalue weighted by Gasteiger charge is -2.28. The lowest BCUT2D eigenvalue weighted by Crippen LogP contribution is -2.33. The zero-order chi connectivity index (χ0) is 19.9. The van der Waals surface area contributed by atoms with Gasteiger partial charge in [-0.1, -0.05) is 6.07 Å². The fourth-order valence-corrected chi connectivity index (χ4v) is 3.07. The first-order valence-corrected chi connectivity index (χ1v) is 9.36. The van der Waals surface area contributed by atoms with Gasteiger partial charge < -0.3 is 20.9 Å². The molecule has 0 bridgehead atoms. The third kappa shape index (κ3) is 5.28. The van der Waals surface area contributed by atoms with Crippen LogP contribution in [-0.2, 0) is 0 Å². The number of benzene rings is 1. The van der Waals surface area contributed by atoms with Crippen molar-refractivity contribution in [3.63, 3.8) is 0 Å². The van der Waals surface area contributed by atoms with Crippen molar-refractivity contribution in [2.45, 2.75) is 26.2 Å². The lowest BCUT2D eigenvalue weighted by molar-refractivity contribution is 0.252. The molecule has 1 fully saturated rings. The van der Waals surface area contributed by atoms with E-state index >= 15 is 0 Å². The van der Waals surface area contributed by atoms with Gasteiger partial charge >= 0.3 is 6.03 Å². The number of halogens is 2. The molecule has 150 valence electrons. The van der Waals surface area contributed by atoms with E-state index in [-0.39, 0.29) is 6.54 Å². The van der Waals surface area contributed by atoms with Crippen molar-refractivity contribution < 1.29 is 13.6 Å². The molecule has 0 radical (unpaired) electrons. The van der Waals surface area contributed by atoms with Gasteiger partial charge in [-0.25, -0.2) is 23.5 Å². The fourth-order valence-electron chi connectivity index (χ4n) is 3.07. The molecule has 0 spiro atoms. The Morgan fingerprint density at radius 3 is 2.54 bits per heavy atom. The van der Waals surface area contributed by atoms with Crippen LogP contribution in [0.1, 0.15) is 25.1 Å². The number of urea groups is 1. The van der Waals surface area contributed by atoms with Crippen molar-refractivity contribution in [3.8, 4) is 0 Å². The number of nitrogens with one attached hydrogen (secondary N) is 3. The van der Waals surface area contributed by atoms with Gasteiger partial charge in [0.05, 0.1) is 0 Å². The Labute approximate surface area is 162 Å². The minimum absolute atomic E-state index is 0.254. The lowest BCUT2D eigenvalue weighted by atomic mass is 10.1. The van der Waals surface area contributed by atoms with E-state index in [0.29, 0.717) is 18.2 Å². The summed E-state index contributed by atoms with van der Waals surface area (Å²) in [5.41, 5.74) is -0.467. The fraction of sp³-hybridized carbons (Fsp3) is 0.421. The highest BCUT2D eigenvalue weighted by atomic mass is 19.1. The molecule has 3 rings (SSSR count). The summed E-state index contributed by atoms with van der Waals surface area (Å²) in [6, 6.07) is 4.61. The molecular formula is C19H24F2N6O. The molecule has 0 unspecified atom stereocenters. The summed E-state index contributed by atoms with van der Waals surface area (Å²) in [6.07, 6.45) is 3.57. The van der Waals surface area contributed by atoms with Crippen molar-refractivity contribution >= 4 is 23.4 Å². The van der Waals surface area contributed by atoms with Crippen LogP contribution in [0.3, 0.4) is 0 Å². The van der Waals surface area contributed by atoms with Crippen molar-refractivity contribution in [3.05, 3.63) is 41.7 Å². The van der Waals surface area contributed by atoms with E-state index in [1.807, 2.05) is 13.0 Å². The number of aryl methyl sites for hydroxylation is 1. The number of aromatic nitrogens is 2. The van der Waals surface area contributed by atoms with Gasteiger partial charge in [0.2, 0.25) is 0 Å².